The van der Waals surface area contributed by atoms with Crippen LogP contribution in [0.3, 0.4) is 0 Å². The maximum atomic E-state index is 14.9. The van der Waals surface area contributed by atoms with Gasteiger partial charge < -0.3 is 9.47 Å². The van der Waals surface area contributed by atoms with E-state index in [1.807, 2.05) is 0 Å². The summed E-state index contributed by atoms with van der Waals surface area (Å²) in [4.78, 5) is 0. The van der Waals surface area contributed by atoms with Gasteiger partial charge in [0, 0.05) is 11.5 Å². The minimum atomic E-state index is -4.50. The third kappa shape index (κ3) is 3.86. The largest absolute Gasteiger partial charge is 0.586 e. The molecule has 0 atom stereocenters. The first-order chi connectivity index (χ1) is 14.0. The molecule has 0 unspecified atom stereocenters. The van der Waals surface area contributed by atoms with E-state index < -0.39 is 41.1 Å². The van der Waals surface area contributed by atoms with Crippen LogP contribution in [0.15, 0.2) is 18.2 Å². The van der Waals surface area contributed by atoms with E-state index in [1.54, 1.807) is 0 Å². The second-order valence-corrected chi connectivity index (χ2v) is 9.16. The minimum Gasteiger partial charge on any atom is -0.395 e. The van der Waals surface area contributed by atoms with Crippen molar-refractivity contribution in [3.63, 3.8) is 0 Å². The van der Waals surface area contributed by atoms with Gasteiger partial charge in [0.1, 0.15) is 0 Å². The van der Waals surface area contributed by atoms with Crippen LogP contribution in [0.5, 0.6) is 11.5 Å². The van der Waals surface area contributed by atoms with Crippen molar-refractivity contribution in [2.45, 2.75) is 76.4 Å². The highest BCUT2D eigenvalue weighted by atomic mass is 19.3. The third-order valence-electron chi connectivity index (χ3n) is 7.19. The van der Waals surface area contributed by atoms with E-state index in [0.717, 1.165) is 31.7 Å². The Morgan fingerprint density at radius 3 is 1.93 bits per heavy atom. The van der Waals surface area contributed by atoms with Crippen molar-refractivity contribution in [3.05, 3.63) is 23.8 Å². The molecule has 0 N–H and O–H groups in total. The van der Waals surface area contributed by atoms with E-state index in [2.05, 4.69) is 16.4 Å². The summed E-state index contributed by atoms with van der Waals surface area (Å²) in [6.07, 6.45) is 1.61. The number of halogens is 6. The molecule has 168 valence electrons. The molecule has 0 aromatic heterocycles. The molecule has 2 nitrogen and oxygen atoms in total. The molecule has 8 heteroatoms. The Morgan fingerprint density at radius 2 is 1.33 bits per heavy atom. The molecule has 1 aromatic rings. The number of fused-ring (bicyclic) bond motifs is 1. The van der Waals surface area contributed by atoms with Gasteiger partial charge in [-0.3, -0.25) is 0 Å². The van der Waals surface area contributed by atoms with Crippen LogP contribution in [0.1, 0.15) is 63.9 Å². The summed E-state index contributed by atoms with van der Waals surface area (Å²) in [5, 5.41) is 0. The Hall–Kier alpha value is -1.60. The van der Waals surface area contributed by atoms with Crippen molar-refractivity contribution in [1.29, 1.82) is 0 Å². The second kappa shape index (κ2) is 7.52. The highest BCUT2D eigenvalue weighted by Crippen LogP contribution is 2.54. The molecule has 1 aliphatic heterocycles. The van der Waals surface area contributed by atoms with Gasteiger partial charge in [-0.05, 0) is 74.5 Å². The van der Waals surface area contributed by atoms with Crippen molar-refractivity contribution in [3.8, 4) is 11.5 Å². The molecule has 0 saturated heterocycles. The van der Waals surface area contributed by atoms with Crippen molar-refractivity contribution < 1.29 is 35.8 Å². The van der Waals surface area contributed by atoms with Crippen LogP contribution in [0.2, 0.25) is 0 Å². The van der Waals surface area contributed by atoms with Crippen molar-refractivity contribution in [1.82, 2.24) is 0 Å². The van der Waals surface area contributed by atoms with E-state index in [-0.39, 0.29) is 12.8 Å². The van der Waals surface area contributed by atoms with Gasteiger partial charge in [0.25, 0.3) is 0 Å². The fraction of sp³-hybridized carbons (Fsp3) is 0.727. The first-order valence-corrected chi connectivity index (χ1v) is 10.7. The topological polar surface area (TPSA) is 18.5 Å². The Labute approximate surface area is 171 Å². The molecule has 1 heterocycles. The summed E-state index contributed by atoms with van der Waals surface area (Å²) in [5.41, 5.74) is -1.05. The lowest BCUT2D eigenvalue weighted by Gasteiger charge is -2.41. The standard InChI is InChI=1S/C22H26F6O2/c1-13-2-4-14(5-3-13)15-6-8-16(9-7-15)20(23,24)21(25,26)17-10-11-18-19(12-17)30-22(27,28)29-18/h10-16H,2-9H2,1H3. The Balaban J connectivity index is 1.44. The van der Waals surface area contributed by atoms with Gasteiger partial charge in [-0.2, -0.15) is 17.6 Å². The van der Waals surface area contributed by atoms with Crippen molar-refractivity contribution in [2.75, 3.05) is 0 Å². The van der Waals surface area contributed by atoms with Crippen LogP contribution in [-0.4, -0.2) is 12.2 Å². The first kappa shape index (κ1) is 21.6. The maximum Gasteiger partial charge on any atom is 0.586 e. The van der Waals surface area contributed by atoms with Gasteiger partial charge in [0.15, 0.2) is 11.5 Å². The van der Waals surface area contributed by atoms with E-state index >= 15 is 0 Å². The van der Waals surface area contributed by atoms with Gasteiger partial charge in [0.2, 0.25) is 0 Å². The third-order valence-corrected chi connectivity index (χ3v) is 7.19. The molecule has 0 spiro atoms. The van der Waals surface area contributed by atoms with E-state index in [1.165, 1.54) is 0 Å². The Kier molecular flexibility index (Phi) is 5.42. The predicted octanol–water partition coefficient (Wildman–Crippen LogP) is 7.37. The lowest BCUT2D eigenvalue weighted by Crippen LogP contribution is -2.46. The van der Waals surface area contributed by atoms with Crippen molar-refractivity contribution >= 4 is 0 Å². The molecule has 0 bridgehead atoms. The summed E-state index contributed by atoms with van der Waals surface area (Å²) in [5.74, 6) is -9.82. The number of hydrogen-bond donors (Lipinski definition) is 0. The summed E-state index contributed by atoms with van der Waals surface area (Å²) in [7, 11) is 0. The fourth-order valence-electron chi connectivity index (χ4n) is 5.30. The maximum absolute atomic E-state index is 14.9. The van der Waals surface area contributed by atoms with Crippen LogP contribution >= 0.6 is 0 Å². The van der Waals surface area contributed by atoms with Crippen molar-refractivity contribution in [2.24, 2.45) is 23.7 Å². The lowest BCUT2D eigenvalue weighted by atomic mass is 9.68. The molecule has 0 amide bonds. The van der Waals surface area contributed by atoms with Gasteiger partial charge >= 0.3 is 18.1 Å². The quantitative estimate of drug-likeness (QED) is 0.459. The van der Waals surface area contributed by atoms with Gasteiger partial charge in [-0.25, -0.2) is 0 Å². The molecule has 30 heavy (non-hydrogen) atoms. The average Bonchev–Trinajstić information content (AvgIpc) is 3.01. The molecule has 2 fully saturated rings. The highest BCUT2D eigenvalue weighted by Gasteiger charge is 2.62. The zero-order valence-electron chi connectivity index (χ0n) is 16.8. The second-order valence-electron chi connectivity index (χ2n) is 9.16. The molecule has 3 aliphatic rings. The normalized spacial score (nSPS) is 31.6. The summed E-state index contributed by atoms with van der Waals surface area (Å²) < 4.78 is 94.1. The smallest absolute Gasteiger partial charge is 0.395 e. The number of ether oxygens (including phenoxy) is 2. The monoisotopic (exact) mass is 436 g/mol. The van der Waals surface area contributed by atoms with Gasteiger partial charge in [0.05, 0.1) is 0 Å². The van der Waals surface area contributed by atoms with E-state index in [4.69, 9.17) is 0 Å². The Morgan fingerprint density at radius 1 is 0.800 bits per heavy atom. The highest BCUT2D eigenvalue weighted by molar-refractivity contribution is 5.46. The Bertz CT molecular complexity index is 765. The predicted molar refractivity (Wildman–Crippen MR) is 98.1 cm³/mol. The molecule has 1 aromatic carbocycles. The summed E-state index contributed by atoms with van der Waals surface area (Å²) in [6, 6.07) is 2.04. The van der Waals surface area contributed by atoms with E-state index in [0.29, 0.717) is 42.7 Å². The zero-order chi connectivity index (χ0) is 21.7. The molecular formula is C22H26F6O2. The van der Waals surface area contributed by atoms with Crippen LogP contribution in [0, 0.1) is 23.7 Å². The molecule has 0 radical (unpaired) electrons. The van der Waals surface area contributed by atoms with Crippen LogP contribution in [-0.2, 0) is 5.92 Å². The molecule has 2 aliphatic carbocycles. The van der Waals surface area contributed by atoms with E-state index in [9.17, 15) is 26.3 Å². The molecule has 4 rings (SSSR count). The number of rotatable bonds is 4. The summed E-state index contributed by atoms with van der Waals surface area (Å²) in [6.45, 7) is 2.22. The molecular weight excluding hydrogens is 410 g/mol. The lowest BCUT2D eigenvalue weighted by molar-refractivity contribution is -0.286. The van der Waals surface area contributed by atoms with Crippen LogP contribution in [0.25, 0.3) is 0 Å². The van der Waals surface area contributed by atoms with Gasteiger partial charge in [-0.1, -0.05) is 19.8 Å². The minimum absolute atomic E-state index is 0.0436. The average molecular weight is 436 g/mol. The number of benzene rings is 1. The fourth-order valence-corrected chi connectivity index (χ4v) is 5.30. The molecule has 2 saturated carbocycles. The zero-order valence-corrected chi connectivity index (χ0v) is 16.8. The van der Waals surface area contributed by atoms with Crippen LogP contribution < -0.4 is 9.47 Å². The van der Waals surface area contributed by atoms with Gasteiger partial charge in [-0.15, -0.1) is 8.78 Å². The first-order valence-electron chi connectivity index (χ1n) is 10.7. The van der Waals surface area contributed by atoms with Crippen LogP contribution in [0.4, 0.5) is 26.3 Å². The number of hydrogen-bond acceptors (Lipinski definition) is 2. The SMILES string of the molecule is CC1CCC(C2CCC(C(F)(F)C(F)(F)c3ccc4c(c3)OC(F)(F)O4)CC2)CC1. The number of alkyl halides is 6. The summed E-state index contributed by atoms with van der Waals surface area (Å²) >= 11 is 0.